The number of hydrogen-bond donors (Lipinski definition) is 2. The highest BCUT2D eigenvalue weighted by Crippen LogP contribution is 2.20. The van der Waals surface area contributed by atoms with Crippen molar-refractivity contribution in [3.63, 3.8) is 0 Å². The lowest BCUT2D eigenvalue weighted by Crippen LogP contribution is -2.33. The number of rotatable bonds is 7. The van der Waals surface area contributed by atoms with Gasteiger partial charge in [0.25, 0.3) is 0 Å². The second-order valence-electron chi connectivity index (χ2n) is 5.37. The molecule has 0 aliphatic rings. The average Bonchev–Trinajstić information content (AvgIpc) is 2.36. The van der Waals surface area contributed by atoms with Crippen LogP contribution >= 0.6 is 0 Å². The summed E-state index contributed by atoms with van der Waals surface area (Å²) < 4.78 is 28.3. The van der Waals surface area contributed by atoms with Gasteiger partial charge in [0.15, 0.2) is 0 Å². The molecule has 1 aromatic carbocycles. The van der Waals surface area contributed by atoms with E-state index in [4.69, 9.17) is 0 Å². The molecule has 0 bridgehead atoms. The van der Waals surface area contributed by atoms with Crippen LogP contribution < -0.4 is 10.1 Å². The van der Waals surface area contributed by atoms with Gasteiger partial charge in [-0.15, -0.1) is 0 Å². The minimum atomic E-state index is -2.80. The van der Waals surface area contributed by atoms with E-state index in [1.807, 2.05) is 20.8 Å². The molecular weight excluding hydrogens is 252 g/mol. The van der Waals surface area contributed by atoms with Crippen LogP contribution in [-0.2, 0) is 0 Å². The van der Waals surface area contributed by atoms with E-state index in [0.717, 1.165) is 5.56 Å². The minimum Gasteiger partial charge on any atom is -0.435 e. The molecule has 2 N–H and O–H groups in total. The standard InChI is InChI=1S/C14H21F2NO2/c1-10(17-8-14(2,3)9-18)11-4-6-12(7-5-11)19-13(15)16/h4-7,10,13,17-18H,8-9H2,1-3H3. The zero-order chi connectivity index (χ0) is 14.5. The van der Waals surface area contributed by atoms with Crippen molar-refractivity contribution in [2.45, 2.75) is 33.4 Å². The molecule has 0 aliphatic heterocycles. The van der Waals surface area contributed by atoms with E-state index in [1.165, 1.54) is 12.1 Å². The van der Waals surface area contributed by atoms with Crippen molar-refractivity contribution < 1.29 is 18.6 Å². The Morgan fingerprint density at radius 3 is 2.32 bits per heavy atom. The molecule has 0 amide bonds. The van der Waals surface area contributed by atoms with Crippen LogP contribution in [0.25, 0.3) is 0 Å². The largest absolute Gasteiger partial charge is 0.435 e. The lowest BCUT2D eigenvalue weighted by atomic mass is 9.94. The molecule has 0 aliphatic carbocycles. The molecular formula is C14H21F2NO2. The van der Waals surface area contributed by atoms with Gasteiger partial charge in [-0.3, -0.25) is 0 Å². The highest BCUT2D eigenvalue weighted by Gasteiger charge is 2.17. The first-order valence-electron chi connectivity index (χ1n) is 6.23. The summed E-state index contributed by atoms with van der Waals surface area (Å²) in [6, 6.07) is 6.63. The minimum absolute atomic E-state index is 0.0754. The van der Waals surface area contributed by atoms with E-state index < -0.39 is 6.61 Å². The van der Waals surface area contributed by atoms with Crippen LogP contribution in [0.5, 0.6) is 5.75 Å². The van der Waals surface area contributed by atoms with Crippen molar-refractivity contribution >= 4 is 0 Å². The van der Waals surface area contributed by atoms with Crippen molar-refractivity contribution in [3.05, 3.63) is 29.8 Å². The Labute approximate surface area is 112 Å². The Morgan fingerprint density at radius 1 is 1.26 bits per heavy atom. The number of halogens is 2. The fourth-order valence-electron chi connectivity index (χ4n) is 1.54. The third kappa shape index (κ3) is 5.53. The van der Waals surface area contributed by atoms with Crippen LogP contribution in [-0.4, -0.2) is 24.9 Å². The van der Waals surface area contributed by atoms with Crippen LogP contribution in [0.3, 0.4) is 0 Å². The predicted molar refractivity (Wildman–Crippen MR) is 70.4 cm³/mol. The van der Waals surface area contributed by atoms with Gasteiger partial charge < -0.3 is 15.2 Å². The summed E-state index contributed by atoms with van der Waals surface area (Å²) in [6.45, 7) is 3.88. The Kier molecular flexibility index (Phi) is 5.69. The van der Waals surface area contributed by atoms with E-state index in [1.54, 1.807) is 12.1 Å². The Morgan fingerprint density at radius 2 is 1.84 bits per heavy atom. The quantitative estimate of drug-likeness (QED) is 0.802. The number of aliphatic hydroxyl groups is 1. The smallest absolute Gasteiger partial charge is 0.387 e. The maximum Gasteiger partial charge on any atom is 0.387 e. The van der Waals surface area contributed by atoms with Crippen LogP contribution in [0.2, 0.25) is 0 Å². The van der Waals surface area contributed by atoms with Crippen molar-refractivity contribution in [2.24, 2.45) is 5.41 Å². The first-order chi connectivity index (χ1) is 8.84. The number of nitrogens with one attached hydrogen (secondary N) is 1. The number of hydrogen-bond acceptors (Lipinski definition) is 3. The molecule has 5 heteroatoms. The molecule has 0 fully saturated rings. The van der Waals surface area contributed by atoms with Crippen LogP contribution in [0.1, 0.15) is 32.4 Å². The van der Waals surface area contributed by atoms with E-state index >= 15 is 0 Å². The molecule has 1 atom stereocenters. The second kappa shape index (κ2) is 6.82. The lowest BCUT2D eigenvalue weighted by molar-refractivity contribution is -0.0498. The van der Waals surface area contributed by atoms with Gasteiger partial charge >= 0.3 is 6.61 Å². The molecule has 3 nitrogen and oxygen atoms in total. The van der Waals surface area contributed by atoms with Gasteiger partial charge in [-0.05, 0) is 24.6 Å². The van der Waals surface area contributed by atoms with E-state index in [2.05, 4.69) is 10.1 Å². The second-order valence-corrected chi connectivity index (χ2v) is 5.37. The van der Waals surface area contributed by atoms with Gasteiger partial charge in [-0.1, -0.05) is 26.0 Å². The third-order valence-electron chi connectivity index (χ3n) is 2.92. The zero-order valence-corrected chi connectivity index (χ0v) is 11.5. The summed E-state index contributed by atoms with van der Waals surface area (Å²) in [6.07, 6.45) is 0. The molecule has 0 saturated carbocycles. The molecule has 108 valence electrons. The molecule has 19 heavy (non-hydrogen) atoms. The number of ether oxygens (including phenoxy) is 1. The molecule has 0 saturated heterocycles. The SMILES string of the molecule is CC(NCC(C)(C)CO)c1ccc(OC(F)F)cc1. The Balaban J connectivity index is 2.55. The fraction of sp³-hybridized carbons (Fsp3) is 0.571. The predicted octanol–water partition coefficient (Wildman–Crippen LogP) is 2.96. The first-order valence-corrected chi connectivity index (χ1v) is 6.23. The van der Waals surface area contributed by atoms with Gasteiger partial charge in [-0.25, -0.2) is 0 Å². The summed E-state index contributed by atoms with van der Waals surface area (Å²) in [5.41, 5.74) is 0.794. The molecule has 1 aromatic rings. The molecule has 0 heterocycles. The van der Waals surface area contributed by atoms with Crippen LogP contribution in [0.4, 0.5) is 8.78 Å². The summed E-state index contributed by atoms with van der Waals surface area (Å²) >= 11 is 0. The number of benzene rings is 1. The van der Waals surface area contributed by atoms with Crippen LogP contribution in [0.15, 0.2) is 24.3 Å². The highest BCUT2D eigenvalue weighted by molar-refractivity contribution is 5.28. The molecule has 0 spiro atoms. The van der Waals surface area contributed by atoms with Crippen molar-refractivity contribution in [3.8, 4) is 5.75 Å². The average molecular weight is 273 g/mol. The third-order valence-corrected chi connectivity index (χ3v) is 2.92. The zero-order valence-electron chi connectivity index (χ0n) is 11.5. The van der Waals surface area contributed by atoms with E-state index in [-0.39, 0.29) is 23.8 Å². The lowest BCUT2D eigenvalue weighted by Gasteiger charge is -2.25. The molecule has 0 radical (unpaired) electrons. The Bertz CT molecular complexity index is 380. The van der Waals surface area contributed by atoms with Crippen molar-refractivity contribution in [1.29, 1.82) is 0 Å². The van der Waals surface area contributed by atoms with Crippen molar-refractivity contribution in [2.75, 3.05) is 13.2 Å². The van der Waals surface area contributed by atoms with Gasteiger partial charge in [0.05, 0.1) is 0 Å². The van der Waals surface area contributed by atoms with Gasteiger partial charge in [0, 0.05) is 24.6 Å². The van der Waals surface area contributed by atoms with Gasteiger partial charge in [-0.2, -0.15) is 8.78 Å². The highest BCUT2D eigenvalue weighted by atomic mass is 19.3. The molecule has 0 aromatic heterocycles. The number of aliphatic hydroxyl groups excluding tert-OH is 1. The first kappa shape index (κ1) is 15.9. The van der Waals surface area contributed by atoms with E-state index in [9.17, 15) is 13.9 Å². The van der Waals surface area contributed by atoms with Crippen LogP contribution in [0, 0.1) is 5.41 Å². The normalized spacial score (nSPS) is 13.6. The fourth-order valence-corrected chi connectivity index (χ4v) is 1.54. The Hall–Kier alpha value is -1.20. The number of alkyl halides is 2. The summed E-state index contributed by atoms with van der Waals surface area (Å²) in [7, 11) is 0. The topological polar surface area (TPSA) is 41.5 Å². The maximum absolute atomic E-state index is 12.0. The van der Waals surface area contributed by atoms with Gasteiger partial charge in [0.1, 0.15) is 5.75 Å². The summed E-state index contributed by atoms with van der Waals surface area (Å²) in [5.74, 6) is 0.154. The van der Waals surface area contributed by atoms with Gasteiger partial charge in [0.2, 0.25) is 0 Å². The monoisotopic (exact) mass is 273 g/mol. The summed E-state index contributed by atoms with van der Waals surface area (Å²) in [4.78, 5) is 0. The molecule has 1 rings (SSSR count). The maximum atomic E-state index is 12.0. The van der Waals surface area contributed by atoms with E-state index in [0.29, 0.717) is 6.54 Å². The molecule has 1 unspecified atom stereocenters. The van der Waals surface area contributed by atoms with Crippen molar-refractivity contribution in [1.82, 2.24) is 5.32 Å². The summed E-state index contributed by atoms with van der Waals surface area (Å²) in [5, 5.41) is 12.5.